The Balaban J connectivity index is 2.13. The Bertz CT molecular complexity index is 629. The molecule has 1 aromatic heterocycles. The number of hydrogen-bond acceptors (Lipinski definition) is 3. The molecule has 0 atom stereocenters. The summed E-state index contributed by atoms with van der Waals surface area (Å²) < 4.78 is 0.617. The summed E-state index contributed by atoms with van der Waals surface area (Å²) in [7, 11) is 0. The van der Waals surface area contributed by atoms with Gasteiger partial charge in [-0.2, -0.15) is 0 Å². The number of thiophene rings is 1. The summed E-state index contributed by atoms with van der Waals surface area (Å²) in [4.78, 5) is 13.9. The molecule has 2 aromatic rings. The minimum atomic E-state index is 0.00824. The quantitative estimate of drug-likeness (QED) is 0.650. The van der Waals surface area contributed by atoms with E-state index in [1.807, 2.05) is 12.1 Å². The minimum absolute atomic E-state index is 0.00824. The molecule has 0 unspecified atom stereocenters. The highest BCUT2D eigenvalue weighted by atomic mass is 79.9. The molecule has 0 aliphatic carbocycles. The Hall–Kier alpha value is -1.39. The van der Waals surface area contributed by atoms with Crippen LogP contribution in [0.15, 0.2) is 40.9 Å². The normalized spacial score (nSPS) is 11.1. The van der Waals surface area contributed by atoms with Gasteiger partial charge in [0.15, 0.2) is 5.78 Å². The number of carbonyl (C=O) groups is 1. The predicted molar refractivity (Wildman–Crippen MR) is 82.9 cm³/mol. The van der Waals surface area contributed by atoms with Crippen molar-refractivity contribution in [1.29, 1.82) is 0 Å². The van der Waals surface area contributed by atoms with Crippen molar-refractivity contribution in [2.75, 3.05) is 0 Å². The summed E-state index contributed by atoms with van der Waals surface area (Å²) in [6.45, 7) is 2.07. The fraction of sp³-hybridized carbons (Fsp3) is 0.133. The van der Waals surface area contributed by atoms with E-state index in [0.717, 1.165) is 16.9 Å². The fourth-order valence-electron chi connectivity index (χ4n) is 1.58. The summed E-state index contributed by atoms with van der Waals surface area (Å²) in [5.74, 6) is 0.197. The molecule has 0 fully saturated rings. The van der Waals surface area contributed by atoms with Crippen molar-refractivity contribution in [1.82, 2.24) is 0 Å². The van der Waals surface area contributed by atoms with Gasteiger partial charge in [0.05, 0.1) is 9.35 Å². The van der Waals surface area contributed by atoms with Crippen molar-refractivity contribution in [2.45, 2.75) is 13.3 Å². The molecule has 2 nitrogen and oxygen atoms in total. The van der Waals surface area contributed by atoms with Gasteiger partial charge in [-0.1, -0.05) is 19.1 Å². The smallest absolute Gasteiger partial charge is 0.195 e. The van der Waals surface area contributed by atoms with Gasteiger partial charge < -0.3 is 5.11 Å². The topological polar surface area (TPSA) is 37.3 Å². The molecule has 4 heteroatoms. The van der Waals surface area contributed by atoms with Gasteiger partial charge in [0.1, 0.15) is 5.75 Å². The van der Waals surface area contributed by atoms with E-state index in [0.29, 0.717) is 4.47 Å². The van der Waals surface area contributed by atoms with Crippen LogP contribution in [0.5, 0.6) is 5.75 Å². The van der Waals surface area contributed by atoms with Crippen molar-refractivity contribution >= 4 is 39.1 Å². The lowest BCUT2D eigenvalue weighted by Crippen LogP contribution is -1.88. The van der Waals surface area contributed by atoms with Gasteiger partial charge in [-0.3, -0.25) is 4.79 Å². The van der Waals surface area contributed by atoms with Crippen LogP contribution in [-0.2, 0) is 6.42 Å². The number of aryl methyl sites for hydroxylation is 1. The summed E-state index contributed by atoms with van der Waals surface area (Å²) in [5, 5.41) is 9.39. The van der Waals surface area contributed by atoms with Crippen LogP contribution in [0.25, 0.3) is 6.08 Å². The van der Waals surface area contributed by atoms with Gasteiger partial charge in [0, 0.05) is 4.88 Å². The van der Waals surface area contributed by atoms with Gasteiger partial charge in [-0.05, 0) is 58.3 Å². The van der Waals surface area contributed by atoms with E-state index in [-0.39, 0.29) is 11.5 Å². The average Bonchev–Trinajstić information content (AvgIpc) is 2.88. The maximum Gasteiger partial charge on any atom is 0.195 e. The molecule has 0 amide bonds. The molecular formula is C15H13BrO2S. The molecule has 98 valence electrons. The molecule has 0 aliphatic heterocycles. The Morgan fingerprint density at radius 1 is 1.37 bits per heavy atom. The summed E-state index contributed by atoms with van der Waals surface area (Å²) in [5.41, 5.74) is 0.866. The molecule has 0 aliphatic rings. The average molecular weight is 337 g/mol. The zero-order valence-corrected chi connectivity index (χ0v) is 12.8. The molecule has 0 bridgehead atoms. The standard InChI is InChI=1S/C15H13BrO2S/c1-2-11-5-8-15(19-11)14(18)7-4-10-3-6-13(17)12(16)9-10/h3-9,17H,2H2,1H3/b7-4+. The van der Waals surface area contributed by atoms with Crippen molar-refractivity contribution in [3.8, 4) is 5.75 Å². The van der Waals surface area contributed by atoms with Crippen LogP contribution in [0, 0.1) is 0 Å². The molecule has 2 rings (SSSR count). The van der Waals surface area contributed by atoms with Crippen molar-refractivity contribution in [2.24, 2.45) is 0 Å². The maximum absolute atomic E-state index is 12.0. The third-order valence-electron chi connectivity index (χ3n) is 2.65. The number of carbonyl (C=O) groups excluding carboxylic acids is 1. The third kappa shape index (κ3) is 3.55. The first-order valence-corrected chi connectivity index (χ1v) is 7.50. The highest BCUT2D eigenvalue weighted by Gasteiger charge is 2.05. The van der Waals surface area contributed by atoms with Crippen LogP contribution in [0.4, 0.5) is 0 Å². The van der Waals surface area contributed by atoms with Gasteiger partial charge in [0.2, 0.25) is 0 Å². The first-order valence-electron chi connectivity index (χ1n) is 5.90. The van der Waals surface area contributed by atoms with E-state index in [4.69, 9.17) is 0 Å². The van der Waals surface area contributed by atoms with Crippen LogP contribution in [0.2, 0.25) is 0 Å². The molecule has 1 heterocycles. The lowest BCUT2D eigenvalue weighted by molar-refractivity contribution is 0.105. The monoisotopic (exact) mass is 336 g/mol. The van der Waals surface area contributed by atoms with Crippen LogP contribution in [0.3, 0.4) is 0 Å². The number of phenols is 1. The summed E-state index contributed by atoms with van der Waals surface area (Å²) in [6.07, 6.45) is 4.26. The van der Waals surface area contributed by atoms with E-state index in [2.05, 4.69) is 22.9 Å². The SMILES string of the molecule is CCc1ccc(C(=O)/C=C/c2ccc(O)c(Br)c2)s1. The van der Waals surface area contributed by atoms with Crippen LogP contribution >= 0.6 is 27.3 Å². The second-order valence-corrected chi connectivity index (χ2v) is 6.05. The van der Waals surface area contributed by atoms with E-state index >= 15 is 0 Å². The second-order valence-electron chi connectivity index (χ2n) is 4.03. The molecule has 0 saturated heterocycles. The zero-order chi connectivity index (χ0) is 13.8. The molecule has 0 radical (unpaired) electrons. The first kappa shape index (κ1) is 14.0. The molecule has 1 N–H and O–H groups in total. The number of allylic oxidation sites excluding steroid dienone is 1. The first-order chi connectivity index (χ1) is 9.10. The number of ketones is 1. The van der Waals surface area contributed by atoms with Gasteiger partial charge in [-0.15, -0.1) is 11.3 Å². The van der Waals surface area contributed by atoms with Crippen molar-refractivity contribution in [3.05, 3.63) is 56.2 Å². The third-order valence-corrected chi connectivity index (χ3v) is 4.53. The van der Waals surface area contributed by atoms with Crippen LogP contribution < -0.4 is 0 Å². The lowest BCUT2D eigenvalue weighted by atomic mass is 10.2. The van der Waals surface area contributed by atoms with Gasteiger partial charge in [-0.25, -0.2) is 0 Å². The van der Waals surface area contributed by atoms with Crippen LogP contribution in [-0.4, -0.2) is 10.9 Å². The zero-order valence-electron chi connectivity index (χ0n) is 10.4. The molecular weight excluding hydrogens is 324 g/mol. The van der Waals surface area contributed by atoms with Gasteiger partial charge in [0.25, 0.3) is 0 Å². The molecule has 0 spiro atoms. The summed E-state index contributed by atoms with van der Waals surface area (Å²) in [6, 6.07) is 8.97. The highest BCUT2D eigenvalue weighted by Crippen LogP contribution is 2.25. The molecule has 0 saturated carbocycles. The largest absolute Gasteiger partial charge is 0.507 e. The minimum Gasteiger partial charge on any atom is -0.507 e. The van der Waals surface area contributed by atoms with E-state index in [9.17, 15) is 9.90 Å². The number of hydrogen-bond donors (Lipinski definition) is 1. The molecule has 19 heavy (non-hydrogen) atoms. The highest BCUT2D eigenvalue weighted by molar-refractivity contribution is 9.10. The van der Waals surface area contributed by atoms with Crippen LogP contribution in [0.1, 0.15) is 27.0 Å². The van der Waals surface area contributed by atoms with Crippen molar-refractivity contribution in [3.63, 3.8) is 0 Å². The number of halogens is 1. The van der Waals surface area contributed by atoms with E-state index in [1.54, 1.807) is 30.4 Å². The number of phenolic OH excluding ortho intramolecular Hbond substituents is 1. The predicted octanol–water partition coefficient (Wildman–Crippen LogP) is 4.67. The fourth-order valence-corrected chi connectivity index (χ4v) is 2.85. The lowest BCUT2D eigenvalue weighted by Gasteiger charge is -1.98. The number of rotatable bonds is 4. The Labute approximate surface area is 124 Å². The van der Waals surface area contributed by atoms with Crippen molar-refractivity contribution < 1.29 is 9.90 Å². The Morgan fingerprint density at radius 3 is 2.79 bits per heavy atom. The number of benzene rings is 1. The van der Waals surface area contributed by atoms with E-state index < -0.39 is 0 Å². The summed E-state index contributed by atoms with van der Waals surface area (Å²) >= 11 is 4.78. The number of aromatic hydroxyl groups is 1. The Kier molecular flexibility index (Phi) is 4.56. The molecule has 1 aromatic carbocycles. The maximum atomic E-state index is 12.0. The second kappa shape index (κ2) is 6.17. The van der Waals surface area contributed by atoms with Gasteiger partial charge >= 0.3 is 0 Å². The Morgan fingerprint density at radius 2 is 2.16 bits per heavy atom. The van der Waals surface area contributed by atoms with E-state index in [1.165, 1.54) is 16.2 Å².